The van der Waals surface area contributed by atoms with E-state index in [1.165, 1.54) is 58.2 Å². The van der Waals surface area contributed by atoms with Gasteiger partial charge in [-0.1, -0.05) is 0 Å². The molecule has 15 heavy (non-hydrogen) atoms. The van der Waals surface area contributed by atoms with Gasteiger partial charge < -0.3 is 9.64 Å². The normalized spacial score (nSPS) is 31.8. The lowest BCUT2D eigenvalue weighted by atomic mass is 9.93. The van der Waals surface area contributed by atoms with E-state index in [0.29, 0.717) is 5.41 Å². The Morgan fingerprint density at radius 2 is 1.67 bits per heavy atom. The van der Waals surface area contributed by atoms with Crippen LogP contribution in [-0.4, -0.2) is 38.3 Å². The van der Waals surface area contributed by atoms with Crippen LogP contribution in [0, 0.1) is 10.8 Å². The predicted molar refractivity (Wildman–Crippen MR) is 60.9 cm³/mol. The fraction of sp³-hybridized carbons (Fsp3) is 1.00. The number of hydrogen-bond donors (Lipinski definition) is 0. The molecule has 0 radical (unpaired) electrons. The number of likely N-dealkylation sites (tertiary alicyclic amines) is 1. The lowest BCUT2D eigenvalue weighted by Crippen LogP contribution is -2.39. The number of nitrogens with zero attached hydrogens (tertiary/aromatic N) is 1. The Labute approximate surface area is 93.0 Å². The molecule has 1 saturated heterocycles. The first-order valence-electron chi connectivity index (χ1n) is 6.47. The van der Waals surface area contributed by atoms with E-state index in [2.05, 4.69) is 4.90 Å². The number of piperidine rings is 1. The van der Waals surface area contributed by atoms with Gasteiger partial charge in [0, 0.05) is 19.1 Å². The summed E-state index contributed by atoms with van der Waals surface area (Å²) >= 11 is 0. The molecule has 0 aromatic heterocycles. The molecule has 0 atom stereocenters. The molecule has 0 bridgehead atoms. The van der Waals surface area contributed by atoms with Crippen LogP contribution in [0.5, 0.6) is 0 Å². The van der Waals surface area contributed by atoms with E-state index < -0.39 is 0 Å². The summed E-state index contributed by atoms with van der Waals surface area (Å²) in [6.07, 6.45) is 8.76. The summed E-state index contributed by atoms with van der Waals surface area (Å²) < 4.78 is 5.34. The minimum atomic E-state index is 0.558. The molecule has 2 saturated carbocycles. The lowest BCUT2D eigenvalue weighted by Gasteiger charge is -2.34. The zero-order valence-electron chi connectivity index (χ0n) is 9.93. The van der Waals surface area contributed by atoms with Gasteiger partial charge in [-0.3, -0.25) is 0 Å². The second kappa shape index (κ2) is 3.46. The molecule has 2 aliphatic carbocycles. The van der Waals surface area contributed by atoms with Gasteiger partial charge >= 0.3 is 0 Å². The van der Waals surface area contributed by atoms with Gasteiger partial charge in [-0.05, 0) is 57.0 Å². The van der Waals surface area contributed by atoms with Gasteiger partial charge in [-0.2, -0.15) is 0 Å². The Bertz CT molecular complexity index is 233. The first-order chi connectivity index (χ1) is 7.26. The van der Waals surface area contributed by atoms with Gasteiger partial charge in [0.2, 0.25) is 0 Å². The van der Waals surface area contributed by atoms with E-state index in [-0.39, 0.29) is 0 Å². The third-order valence-corrected chi connectivity index (χ3v) is 4.84. The van der Waals surface area contributed by atoms with Crippen LogP contribution in [0.1, 0.15) is 38.5 Å². The van der Waals surface area contributed by atoms with Crippen molar-refractivity contribution in [1.29, 1.82) is 0 Å². The van der Waals surface area contributed by atoms with Crippen molar-refractivity contribution in [3.63, 3.8) is 0 Å². The Hall–Kier alpha value is -0.0800. The highest BCUT2D eigenvalue weighted by Gasteiger charge is 2.48. The molecule has 2 nitrogen and oxygen atoms in total. The third-order valence-electron chi connectivity index (χ3n) is 4.84. The van der Waals surface area contributed by atoms with E-state index in [0.717, 1.165) is 12.0 Å². The van der Waals surface area contributed by atoms with Crippen molar-refractivity contribution in [2.45, 2.75) is 38.5 Å². The van der Waals surface area contributed by atoms with Gasteiger partial charge in [-0.25, -0.2) is 0 Å². The first kappa shape index (κ1) is 10.1. The molecule has 1 heterocycles. The molecule has 1 spiro atoms. The summed E-state index contributed by atoms with van der Waals surface area (Å²) in [6.45, 7) is 4.99. The molecular formula is C13H23NO. The van der Waals surface area contributed by atoms with Crippen molar-refractivity contribution >= 4 is 0 Å². The molecule has 0 unspecified atom stereocenters. The van der Waals surface area contributed by atoms with Crippen LogP contribution in [-0.2, 0) is 4.74 Å². The Morgan fingerprint density at radius 1 is 1.00 bits per heavy atom. The summed E-state index contributed by atoms with van der Waals surface area (Å²) in [4.78, 5) is 2.69. The summed E-state index contributed by atoms with van der Waals surface area (Å²) in [5.74, 6) is 0. The molecular weight excluding hydrogens is 186 g/mol. The topological polar surface area (TPSA) is 12.5 Å². The quantitative estimate of drug-likeness (QED) is 0.704. The van der Waals surface area contributed by atoms with E-state index in [1.54, 1.807) is 0 Å². The molecule has 0 N–H and O–H groups in total. The van der Waals surface area contributed by atoms with Crippen LogP contribution in [0.2, 0.25) is 0 Å². The molecule has 3 rings (SSSR count). The summed E-state index contributed by atoms with van der Waals surface area (Å²) in [6, 6.07) is 0. The number of ether oxygens (including phenoxy) is 1. The molecule has 3 aliphatic rings. The monoisotopic (exact) mass is 209 g/mol. The maximum absolute atomic E-state index is 5.34. The maximum atomic E-state index is 5.34. The van der Waals surface area contributed by atoms with E-state index >= 15 is 0 Å². The smallest absolute Gasteiger partial charge is 0.0530 e. The summed E-state index contributed by atoms with van der Waals surface area (Å²) in [5, 5.41) is 0. The number of hydrogen-bond acceptors (Lipinski definition) is 2. The number of methoxy groups -OCH3 is 1. The minimum absolute atomic E-state index is 0.558. The zero-order chi connectivity index (χ0) is 10.4. The van der Waals surface area contributed by atoms with Crippen molar-refractivity contribution in [2.24, 2.45) is 10.8 Å². The Balaban J connectivity index is 1.48. The largest absolute Gasteiger partial charge is 0.384 e. The van der Waals surface area contributed by atoms with Crippen LogP contribution in [0.15, 0.2) is 0 Å². The maximum Gasteiger partial charge on any atom is 0.0530 e. The molecule has 0 aromatic rings. The molecule has 3 fully saturated rings. The minimum Gasteiger partial charge on any atom is -0.384 e. The van der Waals surface area contributed by atoms with Crippen molar-refractivity contribution in [3.8, 4) is 0 Å². The van der Waals surface area contributed by atoms with E-state index in [9.17, 15) is 0 Å². The van der Waals surface area contributed by atoms with Crippen molar-refractivity contribution < 1.29 is 4.74 Å². The van der Waals surface area contributed by atoms with Crippen molar-refractivity contribution in [2.75, 3.05) is 33.4 Å². The molecule has 1 aliphatic heterocycles. The average Bonchev–Trinajstić information content (AvgIpc) is 3.12. The molecule has 0 amide bonds. The van der Waals surface area contributed by atoms with E-state index in [4.69, 9.17) is 4.74 Å². The fourth-order valence-electron chi connectivity index (χ4n) is 3.17. The first-order valence-corrected chi connectivity index (χ1v) is 6.47. The van der Waals surface area contributed by atoms with Gasteiger partial charge in [0.05, 0.1) is 6.61 Å². The third kappa shape index (κ3) is 2.07. The SMILES string of the molecule is COCC1(CN2CCC3(CC2)CC3)CC1. The van der Waals surface area contributed by atoms with Crippen LogP contribution in [0.25, 0.3) is 0 Å². The Kier molecular flexibility index (Phi) is 2.33. The van der Waals surface area contributed by atoms with E-state index in [1.807, 2.05) is 7.11 Å². The number of rotatable bonds is 4. The summed E-state index contributed by atoms with van der Waals surface area (Å²) in [7, 11) is 1.84. The van der Waals surface area contributed by atoms with Crippen LogP contribution >= 0.6 is 0 Å². The standard InChI is InChI=1S/C13H23NO/c1-15-11-13(4-5-13)10-14-8-6-12(2-3-12)7-9-14/h2-11H2,1H3. The Morgan fingerprint density at radius 3 is 2.13 bits per heavy atom. The van der Waals surface area contributed by atoms with Crippen molar-refractivity contribution in [1.82, 2.24) is 4.90 Å². The summed E-state index contributed by atoms with van der Waals surface area (Å²) in [5.41, 5.74) is 1.39. The molecule has 0 aromatic carbocycles. The molecule has 2 heteroatoms. The highest BCUT2D eigenvalue weighted by atomic mass is 16.5. The lowest BCUT2D eigenvalue weighted by molar-refractivity contribution is 0.0876. The van der Waals surface area contributed by atoms with Crippen molar-refractivity contribution in [3.05, 3.63) is 0 Å². The van der Waals surface area contributed by atoms with Gasteiger partial charge in [0.1, 0.15) is 0 Å². The predicted octanol–water partition coefficient (Wildman–Crippen LogP) is 2.29. The highest BCUT2D eigenvalue weighted by Crippen LogP contribution is 2.54. The van der Waals surface area contributed by atoms with Crippen LogP contribution < -0.4 is 0 Å². The average molecular weight is 209 g/mol. The molecule has 86 valence electrons. The zero-order valence-corrected chi connectivity index (χ0v) is 9.93. The fourth-order valence-corrected chi connectivity index (χ4v) is 3.17. The second-order valence-corrected chi connectivity index (χ2v) is 6.21. The second-order valence-electron chi connectivity index (χ2n) is 6.21. The van der Waals surface area contributed by atoms with Crippen LogP contribution in [0.3, 0.4) is 0 Å². The van der Waals surface area contributed by atoms with Crippen LogP contribution in [0.4, 0.5) is 0 Å². The van der Waals surface area contributed by atoms with Gasteiger partial charge in [-0.15, -0.1) is 0 Å². The van der Waals surface area contributed by atoms with Gasteiger partial charge in [0.15, 0.2) is 0 Å². The van der Waals surface area contributed by atoms with Gasteiger partial charge in [0.25, 0.3) is 0 Å². The highest BCUT2D eigenvalue weighted by molar-refractivity contribution is 5.00.